The zero-order valence-electron chi connectivity index (χ0n) is 17.4. The van der Waals surface area contributed by atoms with E-state index in [4.69, 9.17) is 16.3 Å². The van der Waals surface area contributed by atoms with E-state index in [9.17, 15) is 4.79 Å². The van der Waals surface area contributed by atoms with E-state index in [1.54, 1.807) is 7.05 Å². The number of halogens is 1. The second kappa shape index (κ2) is 10.8. The summed E-state index contributed by atoms with van der Waals surface area (Å²) in [5.41, 5.74) is 1.09. The van der Waals surface area contributed by atoms with Gasteiger partial charge in [-0.25, -0.2) is 0 Å². The number of benzene rings is 1. The summed E-state index contributed by atoms with van der Waals surface area (Å²) in [6.45, 7) is 10.2. The molecule has 2 aliphatic heterocycles. The zero-order valence-corrected chi connectivity index (χ0v) is 18.2. The topological polar surface area (TPSA) is 60.4 Å². The fourth-order valence-corrected chi connectivity index (χ4v) is 3.88. The van der Waals surface area contributed by atoms with Crippen molar-refractivity contribution in [2.45, 2.75) is 13.5 Å². The van der Waals surface area contributed by atoms with Gasteiger partial charge in [0, 0.05) is 57.9 Å². The molecular weight excluding hydrogens is 390 g/mol. The molecule has 0 aromatic heterocycles. The Morgan fingerprint density at radius 2 is 1.93 bits per heavy atom. The van der Waals surface area contributed by atoms with Crippen molar-refractivity contribution >= 4 is 23.5 Å². The molecule has 8 heteroatoms. The molecule has 0 spiro atoms. The van der Waals surface area contributed by atoms with Crippen molar-refractivity contribution in [3.8, 4) is 0 Å². The predicted octanol–water partition coefficient (Wildman–Crippen LogP) is 1.53. The Bertz CT molecular complexity index is 691. The molecule has 1 unspecified atom stereocenters. The molecule has 2 fully saturated rings. The van der Waals surface area contributed by atoms with Gasteiger partial charge in [0.25, 0.3) is 0 Å². The monoisotopic (exact) mass is 421 g/mol. The van der Waals surface area contributed by atoms with Gasteiger partial charge >= 0.3 is 0 Å². The van der Waals surface area contributed by atoms with Crippen LogP contribution in [0, 0.1) is 5.92 Å². The Morgan fingerprint density at radius 3 is 2.59 bits per heavy atom. The Balaban J connectivity index is 1.44. The van der Waals surface area contributed by atoms with Crippen LogP contribution in [0.1, 0.15) is 12.5 Å². The number of hydrogen-bond acceptors (Lipinski definition) is 4. The first-order valence-corrected chi connectivity index (χ1v) is 10.7. The van der Waals surface area contributed by atoms with Crippen molar-refractivity contribution in [3.05, 3.63) is 34.9 Å². The SMILES string of the molecule is CN=C(NCC(C)CN1CCOCC1)N1CCN(Cc2ccc(Cl)cc2)C(=O)C1. The molecule has 2 heterocycles. The molecule has 1 aromatic carbocycles. The number of hydrogen-bond donors (Lipinski definition) is 1. The Kier molecular flexibility index (Phi) is 8.15. The van der Waals surface area contributed by atoms with Crippen LogP contribution in [0.5, 0.6) is 0 Å². The summed E-state index contributed by atoms with van der Waals surface area (Å²) in [6.07, 6.45) is 0. The van der Waals surface area contributed by atoms with E-state index in [-0.39, 0.29) is 5.91 Å². The van der Waals surface area contributed by atoms with Crippen LogP contribution in [-0.2, 0) is 16.1 Å². The highest BCUT2D eigenvalue weighted by Gasteiger charge is 2.26. The molecule has 29 heavy (non-hydrogen) atoms. The molecule has 1 atom stereocenters. The highest BCUT2D eigenvalue weighted by atomic mass is 35.5. The number of carbonyl (C=O) groups is 1. The molecule has 0 bridgehead atoms. The zero-order chi connectivity index (χ0) is 20.6. The first-order valence-electron chi connectivity index (χ1n) is 10.3. The maximum absolute atomic E-state index is 12.7. The summed E-state index contributed by atoms with van der Waals surface area (Å²) in [5, 5.41) is 4.16. The largest absolute Gasteiger partial charge is 0.379 e. The lowest BCUT2D eigenvalue weighted by Crippen LogP contribution is -2.55. The molecule has 0 saturated carbocycles. The number of morpholine rings is 1. The molecule has 3 rings (SSSR count). The van der Waals surface area contributed by atoms with Gasteiger partial charge < -0.3 is 19.9 Å². The van der Waals surface area contributed by atoms with Gasteiger partial charge in [-0.3, -0.25) is 14.7 Å². The van der Waals surface area contributed by atoms with Gasteiger partial charge in [0.05, 0.1) is 19.8 Å². The summed E-state index contributed by atoms with van der Waals surface area (Å²) in [5.74, 6) is 1.42. The van der Waals surface area contributed by atoms with Gasteiger partial charge in [-0.1, -0.05) is 30.7 Å². The summed E-state index contributed by atoms with van der Waals surface area (Å²) in [4.78, 5) is 23.4. The minimum Gasteiger partial charge on any atom is -0.379 e. The van der Waals surface area contributed by atoms with E-state index in [1.165, 1.54) is 0 Å². The van der Waals surface area contributed by atoms with Crippen molar-refractivity contribution in [1.29, 1.82) is 0 Å². The van der Waals surface area contributed by atoms with Crippen LogP contribution >= 0.6 is 11.6 Å². The fourth-order valence-electron chi connectivity index (χ4n) is 3.75. The first-order chi connectivity index (χ1) is 14.0. The normalized spacial score (nSPS) is 20.1. The van der Waals surface area contributed by atoms with Gasteiger partial charge in [0.2, 0.25) is 5.91 Å². The minimum atomic E-state index is 0.121. The van der Waals surface area contributed by atoms with Gasteiger partial charge in [-0.05, 0) is 23.6 Å². The van der Waals surface area contributed by atoms with Crippen molar-refractivity contribution in [2.24, 2.45) is 10.9 Å². The van der Waals surface area contributed by atoms with Gasteiger partial charge in [0.1, 0.15) is 0 Å². The summed E-state index contributed by atoms with van der Waals surface area (Å²) >= 11 is 5.94. The van der Waals surface area contributed by atoms with E-state index in [0.717, 1.165) is 57.5 Å². The molecule has 0 radical (unpaired) electrons. The third-order valence-electron chi connectivity index (χ3n) is 5.40. The minimum absolute atomic E-state index is 0.121. The summed E-state index contributed by atoms with van der Waals surface area (Å²) in [6, 6.07) is 7.67. The molecule has 160 valence electrons. The maximum Gasteiger partial charge on any atom is 0.242 e. The molecular formula is C21H32ClN5O2. The van der Waals surface area contributed by atoms with E-state index >= 15 is 0 Å². The van der Waals surface area contributed by atoms with Crippen molar-refractivity contribution < 1.29 is 9.53 Å². The van der Waals surface area contributed by atoms with Crippen LogP contribution in [0.25, 0.3) is 0 Å². The van der Waals surface area contributed by atoms with Crippen LogP contribution in [0.3, 0.4) is 0 Å². The first kappa shape index (κ1) is 21.9. The average Bonchev–Trinajstić information content (AvgIpc) is 2.72. The molecule has 2 saturated heterocycles. The summed E-state index contributed by atoms with van der Waals surface area (Å²) < 4.78 is 5.41. The van der Waals surface area contributed by atoms with Gasteiger partial charge in [-0.15, -0.1) is 0 Å². The Morgan fingerprint density at radius 1 is 1.21 bits per heavy atom. The average molecular weight is 422 g/mol. The second-order valence-electron chi connectivity index (χ2n) is 7.81. The number of nitrogens with one attached hydrogen (secondary N) is 1. The summed E-state index contributed by atoms with van der Waals surface area (Å²) in [7, 11) is 1.78. The van der Waals surface area contributed by atoms with E-state index in [1.807, 2.05) is 34.1 Å². The number of amides is 1. The quantitative estimate of drug-likeness (QED) is 0.557. The third kappa shape index (κ3) is 6.59. The number of ether oxygens (including phenoxy) is 1. The number of rotatable bonds is 6. The standard InChI is InChI=1S/C21H32ClN5O2/c1-17(14-25-9-11-29-12-10-25)13-24-21(23-2)27-8-7-26(20(28)16-27)15-18-3-5-19(22)6-4-18/h3-6,17H,7-16H2,1-2H3,(H,23,24). The predicted molar refractivity (Wildman–Crippen MR) is 116 cm³/mol. The highest BCUT2D eigenvalue weighted by Crippen LogP contribution is 2.14. The van der Waals surface area contributed by atoms with Crippen LogP contribution in [0.4, 0.5) is 0 Å². The van der Waals surface area contributed by atoms with E-state index < -0.39 is 0 Å². The maximum atomic E-state index is 12.7. The number of aliphatic imine (C=N–C) groups is 1. The van der Waals surface area contributed by atoms with Crippen LogP contribution < -0.4 is 5.32 Å². The lowest BCUT2D eigenvalue weighted by molar-refractivity contribution is -0.135. The molecule has 0 aliphatic carbocycles. The molecule has 1 N–H and O–H groups in total. The van der Waals surface area contributed by atoms with Crippen molar-refractivity contribution in [1.82, 2.24) is 20.0 Å². The smallest absolute Gasteiger partial charge is 0.242 e. The van der Waals surface area contributed by atoms with Crippen LogP contribution in [-0.4, -0.2) is 92.6 Å². The number of carbonyl (C=O) groups excluding carboxylic acids is 1. The fraction of sp³-hybridized carbons (Fsp3) is 0.619. The van der Waals surface area contributed by atoms with Crippen LogP contribution in [0.15, 0.2) is 29.3 Å². The lowest BCUT2D eigenvalue weighted by Gasteiger charge is -2.36. The van der Waals surface area contributed by atoms with E-state index in [0.29, 0.717) is 30.6 Å². The van der Waals surface area contributed by atoms with E-state index in [2.05, 4.69) is 22.1 Å². The van der Waals surface area contributed by atoms with Gasteiger partial charge in [0.15, 0.2) is 5.96 Å². The van der Waals surface area contributed by atoms with Crippen molar-refractivity contribution in [3.63, 3.8) is 0 Å². The Labute approximate surface area is 178 Å². The Hall–Kier alpha value is -1.83. The number of piperazine rings is 1. The number of guanidine groups is 1. The highest BCUT2D eigenvalue weighted by molar-refractivity contribution is 6.30. The number of nitrogens with zero attached hydrogens (tertiary/aromatic N) is 4. The molecule has 1 amide bonds. The molecule has 7 nitrogen and oxygen atoms in total. The molecule has 2 aliphatic rings. The molecule has 1 aromatic rings. The lowest BCUT2D eigenvalue weighted by atomic mass is 10.1. The van der Waals surface area contributed by atoms with Crippen molar-refractivity contribution in [2.75, 3.05) is 66.1 Å². The van der Waals surface area contributed by atoms with Crippen LogP contribution in [0.2, 0.25) is 5.02 Å². The third-order valence-corrected chi connectivity index (χ3v) is 5.65. The van der Waals surface area contributed by atoms with Gasteiger partial charge in [-0.2, -0.15) is 0 Å². The second-order valence-corrected chi connectivity index (χ2v) is 8.25.